The fourth-order valence-electron chi connectivity index (χ4n) is 2.38. The molecule has 1 fully saturated rings. The predicted octanol–water partition coefficient (Wildman–Crippen LogP) is 2.20. The maximum Gasteiger partial charge on any atom is 0.241 e. The first-order valence-electron chi connectivity index (χ1n) is 6.34. The van der Waals surface area contributed by atoms with Gasteiger partial charge in [0.05, 0.1) is 11.0 Å². The van der Waals surface area contributed by atoms with Gasteiger partial charge in [-0.05, 0) is 53.2 Å². The van der Waals surface area contributed by atoms with E-state index in [1.165, 1.54) is 0 Å². The molecule has 19 heavy (non-hydrogen) atoms. The van der Waals surface area contributed by atoms with Gasteiger partial charge in [-0.1, -0.05) is 18.6 Å². The molecule has 0 saturated heterocycles. The second kappa shape index (κ2) is 5.91. The highest BCUT2D eigenvalue weighted by molar-refractivity contribution is 9.10. The summed E-state index contributed by atoms with van der Waals surface area (Å²) in [5, 5.41) is 9.71. The Morgan fingerprint density at radius 2 is 2.16 bits per heavy atom. The number of hydrogen-bond donors (Lipinski definition) is 2. The second-order valence-corrected chi connectivity index (χ2v) is 7.53. The third-order valence-corrected chi connectivity index (χ3v) is 6.38. The highest BCUT2D eigenvalue weighted by atomic mass is 79.9. The molecule has 4 nitrogen and oxygen atoms in total. The zero-order valence-electron chi connectivity index (χ0n) is 10.8. The smallest absolute Gasteiger partial charge is 0.241 e. The van der Waals surface area contributed by atoms with E-state index in [1.807, 2.05) is 13.0 Å². The lowest BCUT2D eigenvalue weighted by Crippen LogP contribution is -2.32. The maximum absolute atomic E-state index is 12.2. The van der Waals surface area contributed by atoms with Crippen LogP contribution in [-0.2, 0) is 10.0 Å². The van der Waals surface area contributed by atoms with Crippen molar-refractivity contribution in [2.24, 2.45) is 5.92 Å². The van der Waals surface area contributed by atoms with Crippen LogP contribution in [0.2, 0.25) is 0 Å². The molecule has 106 valence electrons. The average Bonchev–Trinajstić information content (AvgIpc) is 2.76. The topological polar surface area (TPSA) is 66.4 Å². The molecular formula is C13H18BrNO3S. The largest absolute Gasteiger partial charge is 0.393 e. The third-order valence-electron chi connectivity index (χ3n) is 3.60. The Bertz CT molecular complexity index is 559. The maximum atomic E-state index is 12.2. The van der Waals surface area contributed by atoms with Crippen molar-refractivity contribution >= 4 is 26.0 Å². The highest BCUT2D eigenvalue weighted by Crippen LogP contribution is 2.27. The van der Waals surface area contributed by atoms with Gasteiger partial charge >= 0.3 is 0 Å². The molecule has 0 spiro atoms. The number of nitrogens with one attached hydrogen (secondary N) is 1. The van der Waals surface area contributed by atoms with Crippen LogP contribution in [0.5, 0.6) is 0 Å². The van der Waals surface area contributed by atoms with Gasteiger partial charge in [0.25, 0.3) is 0 Å². The van der Waals surface area contributed by atoms with E-state index in [0.29, 0.717) is 11.0 Å². The van der Waals surface area contributed by atoms with Crippen molar-refractivity contribution in [3.05, 3.63) is 28.2 Å². The molecule has 1 aromatic rings. The minimum atomic E-state index is -3.53. The third kappa shape index (κ3) is 3.37. The number of aryl methyl sites for hydroxylation is 1. The quantitative estimate of drug-likeness (QED) is 0.877. The van der Waals surface area contributed by atoms with E-state index in [9.17, 15) is 13.5 Å². The van der Waals surface area contributed by atoms with Crippen molar-refractivity contribution in [1.29, 1.82) is 0 Å². The first-order valence-corrected chi connectivity index (χ1v) is 8.62. The number of aliphatic hydroxyl groups is 1. The molecule has 0 amide bonds. The summed E-state index contributed by atoms with van der Waals surface area (Å²) in [5.41, 5.74) is 0.878. The molecule has 6 heteroatoms. The number of benzene rings is 1. The van der Waals surface area contributed by atoms with E-state index >= 15 is 0 Å². The van der Waals surface area contributed by atoms with Gasteiger partial charge in [0.1, 0.15) is 0 Å². The van der Waals surface area contributed by atoms with Gasteiger partial charge in [0.2, 0.25) is 10.0 Å². The van der Waals surface area contributed by atoms with Crippen LogP contribution in [-0.4, -0.2) is 26.2 Å². The highest BCUT2D eigenvalue weighted by Gasteiger charge is 2.27. The standard InChI is InChI=1S/C13H18BrNO3S/c1-9-4-2-7-12(13(9)14)19(17,18)15-8-10-5-3-6-11(10)16/h2,4,7,10-11,15-16H,3,5-6,8H2,1H3/t10-,11+/m1/s1. The summed E-state index contributed by atoms with van der Waals surface area (Å²) in [4.78, 5) is 0.250. The van der Waals surface area contributed by atoms with Gasteiger partial charge in [-0.25, -0.2) is 13.1 Å². The monoisotopic (exact) mass is 347 g/mol. The zero-order chi connectivity index (χ0) is 14.0. The van der Waals surface area contributed by atoms with Gasteiger partial charge < -0.3 is 5.11 Å². The molecule has 2 rings (SSSR count). The normalized spacial score (nSPS) is 23.7. The molecule has 1 saturated carbocycles. The van der Waals surface area contributed by atoms with Gasteiger partial charge in [-0.15, -0.1) is 0 Å². The van der Waals surface area contributed by atoms with Crippen molar-refractivity contribution < 1.29 is 13.5 Å². The van der Waals surface area contributed by atoms with Gasteiger partial charge in [-0.2, -0.15) is 0 Å². The molecule has 2 atom stereocenters. The SMILES string of the molecule is Cc1cccc(S(=O)(=O)NC[C@H]2CCC[C@@H]2O)c1Br. The van der Waals surface area contributed by atoms with Crippen LogP contribution in [0.25, 0.3) is 0 Å². The number of rotatable bonds is 4. The Labute approximate surface area is 122 Å². The molecule has 2 N–H and O–H groups in total. The van der Waals surface area contributed by atoms with Crippen LogP contribution in [0.1, 0.15) is 24.8 Å². The molecule has 0 heterocycles. The number of hydrogen-bond acceptors (Lipinski definition) is 3. The second-order valence-electron chi connectivity index (χ2n) is 5.00. The molecular weight excluding hydrogens is 330 g/mol. The van der Waals surface area contributed by atoms with E-state index in [2.05, 4.69) is 20.7 Å². The minimum Gasteiger partial charge on any atom is -0.393 e. The summed E-state index contributed by atoms with van der Waals surface area (Å²) in [7, 11) is -3.53. The van der Waals surface area contributed by atoms with E-state index in [0.717, 1.165) is 24.8 Å². The van der Waals surface area contributed by atoms with Crippen molar-refractivity contribution in [1.82, 2.24) is 4.72 Å². The first kappa shape index (κ1) is 15.0. The molecule has 1 aliphatic carbocycles. The Morgan fingerprint density at radius 3 is 2.79 bits per heavy atom. The molecule has 0 aliphatic heterocycles. The molecule has 0 aromatic heterocycles. The fourth-order valence-corrected chi connectivity index (χ4v) is 4.53. The lowest BCUT2D eigenvalue weighted by molar-refractivity contribution is 0.134. The lowest BCUT2D eigenvalue weighted by atomic mass is 10.1. The number of halogens is 1. The lowest BCUT2D eigenvalue weighted by Gasteiger charge is -2.16. The summed E-state index contributed by atoms with van der Waals surface area (Å²) < 4.78 is 27.7. The van der Waals surface area contributed by atoms with Crippen LogP contribution in [0, 0.1) is 12.8 Å². The Kier molecular flexibility index (Phi) is 4.66. The summed E-state index contributed by atoms with van der Waals surface area (Å²) in [6, 6.07) is 5.15. The van der Waals surface area contributed by atoms with Crippen LogP contribution in [0.3, 0.4) is 0 Å². The van der Waals surface area contributed by atoms with Crippen molar-refractivity contribution in [2.45, 2.75) is 37.2 Å². The number of aliphatic hydroxyl groups excluding tert-OH is 1. The Morgan fingerprint density at radius 1 is 1.42 bits per heavy atom. The molecule has 1 aliphatic rings. The summed E-state index contributed by atoms with van der Waals surface area (Å²) in [5.74, 6) is 0.0263. The zero-order valence-corrected chi connectivity index (χ0v) is 13.2. The van der Waals surface area contributed by atoms with Crippen molar-refractivity contribution in [3.63, 3.8) is 0 Å². The molecule has 0 bridgehead atoms. The van der Waals surface area contributed by atoms with Crippen LogP contribution in [0.4, 0.5) is 0 Å². The minimum absolute atomic E-state index is 0.0263. The van der Waals surface area contributed by atoms with Gasteiger partial charge in [-0.3, -0.25) is 0 Å². The Hall–Kier alpha value is -0.430. The average molecular weight is 348 g/mol. The molecule has 0 unspecified atom stereocenters. The fraction of sp³-hybridized carbons (Fsp3) is 0.538. The van der Waals surface area contributed by atoms with Gasteiger partial charge in [0, 0.05) is 11.0 Å². The Balaban J connectivity index is 2.12. The van der Waals surface area contributed by atoms with Crippen molar-refractivity contribution in [3.8, 4) is 0 Å². The van der Waals surface area contributed by atoms with Gasteiger partial charge in [0.15, 0.2) is 0 Å². The van der Waals surface area contributed by atoms with Crippen LogP contribution in [0.15, 0.2) is 27.6 Å². The first-order chi connectivity index (χ1) is 8.92. The van der Waals surface area contributed by atoms with Crippen LogP contribution < -0.4 is 4.72 Å². The van der Waals surface area contributed by atoms with E-state index in [-0.39, 0.29) is 16.9 Å². The van der Waals surface area contributed by atoms with E-state index in [1.54, 1.807) is 12.1 Å². The van der Waals surface area contributed by atoms with E-state index in [4.69, 9.17) is 0 Å². The number of sulfonamides is 1. The molecule has 0 radical (unpaired) electrons. The summed E-state index contributed by atoms with van der Waals surface area (Å²) in [6.07, 6.45) is 2.21. The van der Waals surface area contributed by atoms with Crippen molar-refractivity contribution in [2.75, 3.05) is 6.54 Å². The molecule has 1 aromatic carbocycles. The summed E-state index contributed by atoms with van der Waals surface area (Å²) >= 11 is 3.31. The van der Waals surface area contributed by atoms with E-state index < -0.39 is 10.0 Å². The summed E-state index contributed by atoms with van der Waals surface area (Å²) in [6.45, 7) is 2.15. The van der Waals surface area contributed by atoms with Crippen LogP contribution >= 0.6 is 15.9 Å². The predicted molar refractivity (Wildman–Crippen MR) is 77.4 cm³/mol.